The van der Waals surface area contributed by atoms with Crippen LogP contribution in [0.4, 0.5) is 0 Å². The number of likely N-dealkylation sites (tertiary alicyclic amines) is 1. The van der Waals surface area contributed by atoms with Crippen LogP contribution in [0.25, 0.3) is 33.5 Å². The van der Waals surface area contributed by atoms with E-state index in [0.717, 1.165) is 47.6 Å². The number of phenolic OH excluding ortho intramolecular Hbond substituents is 1. The standard InChI is InChI=1S/C22H22N6O/c1-3-28-11-15(12-28)18-7-8-19(25-24-18)16-5-4-14(10-22(16)29)17-6-9-20-21(23-17)13-27(2)26-20/h4-10,13,15,29H,3,11-12H2,1-2H3. The number of aryl methyl sites for hydroxylation is 1. The van der Waals surface area contributed by atoms with E-state index in [9.17, 15) is 5.11 Å². The first-order chi connectivity index (χ1) is 14.1. The molecule has 4 aromatic rings. The van der Waals surface area contributed by atoms with E-state index in [-0.39, 0.29) is 5.75 Å². The average molecular weight is 386 g/mol. The third-order valence-electron chi connectivity index (χ3n) is 5.55. The largest absolute Gasteiger partial charge is 0.507 e. The summed E-state index contributed by atoms with van der Waals surface area (Å²) in [5.41, 5.74) is 5.66. The molecule has 1 aliphatic heterocycles. The SMILES string of the molecule is CCN1CC(c2ccc(-c3ccc(-c4ccc5nn(C)cc5n4)cc3O)nn2)C1. The van der Waals surface area contributed by atoms with Gasteiger partial charge in [0.1, 0.15) is 16.8 Å². The van der Waals surface area contributed by atoms with E-state index in [1.807, 2.05) is 49.6 Å². The first-order valence-electron chi connectivity index (χ1n) is 9.81. The number of aromatic nitrogens is 5. The van der Waals surface area contributed by atoms with Crippen LogP contribution in [0.15, 0.2) is 48.7 Å². The fourth-order valence-corrected chi connectivity index (χ4v) is 3.81. The molecular formula is C22H22N6O. The normalized spacial score (nSPS) is 15.0. The van der Waals surface area contributed by atoms with Crippen molar-refractivity contribution < 1.29 is 5.11 Å². The van der Waals surface area contributed by atoms with E-state index < -0.39 is 0 Å². The van der Waals surface area contributed by atoms with Crippen molar-refractivity contribution in [1.82, 2.24) is 29.9 Å². The van der Waals surface area contributed by atoms with Crippen LogP contribution in [0.5, 0.6) is 5.75 Å². The molecule has 3 aromatic heterocycles. The maximum atomic E-state index is 10.6. The Morgan fingerprint density at radius 3 is 2.55 bits per heavy atom. The Bertz CT molecular complexity index is 1180. The summed E-state index contributed by atoms with van der Waals surface area (Å²) in [4.78, 5) is 7.02. The molecular weight excluding hydrogens is 364 g/mol. The van der Waals surface area contributed by atoms with Gasteiger partial charge in [0.2, 0.25) is 0 Å². The number of fused-ring (bicyclic) bond motifs is 1. The molecule has 0 saturated carbocycles. The van der Waals surface area contributed by atoms with Crippen molar-refractivity contribution in [3.63, 3.8) is 0 Å². The van der Waals surface area contributed by atoms with Gasteiger partial charge >= 0.3 is 0 Å². The zero-order valence-electron chi connectivity index (χ0n) is 16.4. The predicted molar refractivity (Wildman–Crippen MR) is 111 cm³/mol. The highest BCUT2D eigenvalue weighted by atomic mass is 16.3. The third kappa shape index (κ3) is 3.23. The zero-order valence-corrected chi connectivity index (χ0v) is 16.4. The molecule has 1 aromatic carbocycles. The number of nitrogens with zero attached hydrogens (tertiary/aromatic N) is 6. The van der Waals surface area contributed by atoms with E-state index >= 15 is 0 Å². The number of likely N-dealkylation sites (N-methyl/N-ethyl adjacent to an activating group) is 1. The lowest BCUT2D eigenvalue weighted by atomic mass is 9.96. The first kappa shape index (κ1) is 17.8. The van der Waals surface area contributed by atoms with E-state index in [2.05, 4.69) is 32.1 Å². The average Bonchev–Trinajstić information content (AvgIpc) is 3.07. The molecule has 146 valence electrons. The van der Waals surface area contributed by atoms with Gasteiger partial charge in [0.15, 0.2) is 0 Å². The molecule has 5 rings (SSSR count). The number of phenols is 1. The second-order valence-electron chi connectivity index (χ2n) is 7.53. The molecule has 0 amide bonds. The minimum atomic E-state index is 0.165. The number of rotatable bonds is 4. The molecule has 0 aliphatic carbocycles. The molecule has 29 heavy (non-hydrogen) atoms. The van der Waals surface area contributed by atoms with Crippen LogP contribution >= 0.6 is 0 Å². The van der Waals surface area contributed by atoms with Gasteiger partial charge in [-0.25, -0.2) is 4.98 Å². The lowest BCUT2D eigenvalue weighted by molar-refractivity contribution is 0.154. The van der Waals surface area contributed by atoms with Gasteiger partial charge in [0.05, 0.1) is 23.3 Å². The summed E-state index contributed by atoms with van der Waals surface area (Å²) < 4.78 is 1.74. The molecule has 0 radical (unpaired) electrons. The molecule has 1 N–H and O–H groups in total. The summed E-state index contributed by atoms with van der Waals surface area (Å²) >= 11 is 0. The van der Waals surface area contributed by atoms with Gasteiger partial charge in [-0.1, -0.05) is 13.0 Å². The summed E-state index contributed by atoms with van der Waals surface area (Å²) in [6, 6.07) is 13.3. The molecule has 1 fully saturated rings. The van der Waals surface area contributed by atoms with Crippen LogP contribution in [0.1, 0.15) is 18.5 Å². The first-order valence-corrected chi connectivity index (χ1v) is 9.81. The number of pyridine rings is 1. The van der Waals surface area contributed by atoms with Crippen molar-refractivity contribution in [1.29, 1.82) is 0 Å². The number of aromatic hydroxyl groups is 1. The highest BCUT2D eigenvalue weighted by Gasteiger charge is 2.28. The second kappa shape index (κ2) is 6.93. The molecule has 0 unspecified atom stereocenters. The smallest absolute Gasteiger partial charge is 0.125 e. The van der Waals surface area contributed by atoms with E-state index in [4.69, 9.17) is 0 Å². The maximum absolute atomic E-state index is 10.6. The highest BCUT2D eigenvalue weighted by Crippen LogP contribution is 2.33. The molecule has 0 spiro atoms. The van der Waals surface area contributed by atoms with Crippen molar-refractivity contribution in [2.24, 2.45) is 7.05 Å². The van der Waals surface area contributed by atoms with Crippen molar-refractivity contribution >= 4 is 11.0 Å². The van der Waals surface area contributed by atoms with Crippen molar-refractivity contribution in [3.05, 3.63) is 54.4 Å². The summed E-state index contributed by atoms with van der Waals surface area (Å²) in [5, 5.41) is 23.7. The summed E-state index contributed by atoms with van der Waals surface area (Å²) in [6.45, 7) is 5.32. The fourth-order valence-electron chi connectivity index (χ4n) is 3.81. The number of benzene rings is 1. The van der Waals surface area contributed by atoms with Gasteiger partial charge in [0.25, 0.3) is 0 Å². The topological polar surface area (TPSA) is 80.0 Å². The monoisotopic (exact) mass is 386 g/mol. The lowest BCUT2D eigenvalue weighted by Crippen LogP contribution is -2.44. The van der Waals surface area contributed by atoms with E-state index in [0.29, 0.717) is 17.2 Å². The van der Waals surface area contributed by atoms with Crippen LogP contribution in [0.2, 0.25) is 0 Å². The minimum absolute atomic E-state index is 0.165. The van der Waals surface area contributed by atoms with Crippen LogP contribution in [-0.2, 0) is 7.05 Å². The van der Waals surface area contributed by atoms with Crippen LogP contribution in [-0.4, -0.2) is 54.6 Å². The molecule has 7 nitrogen and oxygen atoms in total. The zero-order chi connectivity index (χ0) is 20.0. The van der Waals surface area contributed by atoms with Crippen LogP contribution in [0.3, 0.4) is 0 Å². The van der Waals surface area contributed by atoms with Gasteiger partial charge in [-0.05, 0) is 42.9 Å². The third-order valence-corrected chi connectivity index (χ3v) is 5.55. The van der Waals surface area contributed by atoms with Crippen molar-refractivity contribution in [3.8, 4) is 28.3 Å². The van der Waals surface area contributed by atoms with E-state index in [1.54, 1.807) is 10.7 Å². The van der Waals surface area contributed by atoms with Gasteiger partial charge in [-0.15, -0.1) is 0 Å². The predicted octanol–water partition coefficient (Wildman–Crippen LogP) is 3.22. The van der Waals surface area contributed by atoms with Gasteiger partial charge in [-0.3, -0.25) is 4.68 Å². The quantitative estimate of drug-likeness (QED) is 0.580. The second-order valence-corrected chi connectivity index (χ2v) is 7.53. The summed E-state index contributed by atoms with van der Waals surface area (Å²) in [7, 11) is 1.87. The van der Waals surface area contributed by atoms with Crippen LogP contribution in [0, 0.1) is 0 Å². The summed E-state index contributed by atoms with van der Waals surface area (Å²) in [5.74, 6) is 0.624. The number of hydrogen-bond donors (Lipinski definition) is 1. The Morgan fingerprint density at radius 1 is 1.00 bits per heavy atom. The van der Waals surface area contributed by atoms with Crippen molar-refractivity contribution in [2.75, 3.05) is 19.6 Å². The number of hydrogen-bond acceptors (Lipinski definition) is 6. The molecule has 7 heteroatoms. The Hall–Kier alpha value is -3.32. The van der Waals surface area contributed by atoms with Gasteiger partial charge in [0, 0.05) is 37.2 Å². The molecule has 0 bridgehead atoms. The van der Waals surface area contributed by atoms with E-state index in [1.165, 1.54) is 0 Å². The molecule has 0 atom stereocenters. The molecule has 1 saturated heterocycles. The molecule has 4 heterocycles. The maximum Gasteiger partial charge on any atom is 0.125 e. The van der Waals surface area contributed by atoms with Crippen LogP contribution < -0.4 is 0 Å². The van der Waals surface area contributed by atoms with Crippen molar-refractivity contribution in [2.45, 2.75) is 12.8 Å². The Morgan fingerprint density at radius 2 is 1.83 bits per heavy atom. The minimum Gasteiger partial charge on any atom is -0.507 e. The lowest BCUT2D eigenvalue weighted by Gasteiger charge is -2.37. The highest BCUT2D eigenvalue weighted by molar-refractivity contribution is 5.79. The Kier molecular flexibility index (Phi) is 4.24. The van der Waals surface area contributed by atoms with Gasteiger partial charge < -0.3 is 10.0 Å². The molecule has 1 aliphatic rings. The summed E-state index contributed by atoms with van der Waals surface area (Å²) in [6.07, 6.45) is 1.88. The Balaban J connectivity index is 1.40. The Labute approximate surface area is 168 Å². The fraction of sp³-hybridized carbons (Fsp3) is 0.273. The van der Waals surface area contributed by atoms with Gasteiger partial charge in [-0.2, -0.15) is 15.3 Å².